The van der Waals surface area contributed by atoms with E-state index in [1.54, 1.807) is 6.07 Å². The van der Waals surface area contributed by atoms with E-state index in [0.29, 0.717) is 11.6 Å². The third-order valence-electron chi connectivity index (χ3n) is 2.79. The maximum Gasteiger partial charge on any atom is 0.141 e. The van der Waals surface area contributed by atoms with Crippen LogP contribution in [0.5, 0.6) is 11.5 Å². The molecular weight excluding hydrogens is 326 g/mol. The minimum atomic E-state index is 0.655. The van der Waals surface area contributed by atoms with Crippen LogP contribution in [0.3, 0.4) is 0 Å². The number of rotatable bonds is 4. The van der Waals surface area contributed by atoms with Gasteiger partial charge in [-0.3, -0.25) is 0 Å². The molecule has 2 rings (SSSR count). The Morgan fingerprint density at radius 2 is 1.89 bits per heavy atom. The molecule has 0 atom stereocenters. The van der Waals surface area contributed by atoms with Crippen LogP contribution in [0.1, 0.15) is 11.1 Å². The van der Waals surface area contributed by atoms with Crippen LogP contribution in [0.4, 0.5) is 0 Å². The SMILES string of the molecule is Cc1cc(CCN)ccc1Oc1ccc(Cl)cc1Br. The van der Waals surface area contributed by atoms with Gasteiger partial charge in [0.05, 0.1) is 4.47 Å². The molecule has 4 heteroatoms. The first-order chi connectivity index (χ1) is 9.10. The highest BCUT2D eigenvalue weighted by molar-refractivity contribution is 9.10. The molecule has 19 heavy (non-hydrogen) atoms. The standard InChI is InChI=1S/C15H15BrClNO/c1-10-8-11(6-7-18)2-4-14(10)19-15-5-3-12(17)9-13(15)16/h2-5,8-9H,6-7,18H2,1H3. The van der Waals surface area contributed by atoms with Crippen molar-refractivity contribution in [2.24, 2.45) is 5.73 Å². The van der Waals surface area contributed by atoms with Crippen molar-refractivity contribution in [1.82, 2.24) is 0 Å². The van der Waals surface area contributed by atoms with E-state index in [-0.39, 0.29) is 0 Å². The van der Waals surface area contributed by atoms with Crippen LogP contribution in [0.25, 0.3) is 0 Å². The Labute approximate surface area is 126 Å². The number of nitrogens with two attached hydrogens (primary N) is 1. The zero-order valence-electron chi connectivity index (χ0n) is 10.6. The summed E-state index contributed by atoms with van der Waals surface area (Å²) in [4.78, 5) is 0. The van der Waals surface area contributed by atoms with Crippen molar-refractivity contribution in [3.8, 4) is 11.5 Å². The average molecular weight is 341 g/mol. The fourth-order valence-electron chi connectivity index (χ4n) is 1.82. The van der Waals surface area contributed by atoms with Gasteiger partial charge in [-0.1, -0.05) is 23.7 Å². The topological polar surface area (TPSA) is 35.2 Å². The number of aryl methyl sites for hydroxylation is 1. The van der Waals surface area contributed by atoms with E-state index < -0.39 is 0 Å². The van der Waals surface area contributed by atoms with Gasteiger partial charge in [0.2, 0.25) is 0 Å². The van der Waals surface area contributed by atoms with Gasteiger partial charge in [0, 0.05) is 5.02 Å². The highest BCUT2D eigenvalue weighted by atomic mass is 79.9. The molecular formula is C15H15BrClNO. The van der Waals surface area contributed by atoms with Crippen molar-refractivity contribution in [3.63, 3.8) is 0 Å². The molecule has 0 aliphatic rings. The molecule has 0 heterocycles. The maximum atomic E-state index is 5.91. The Morgan fingerprint density at radius 3 is 2.53 bits per heavy atom. The van der Waals surface area contributed by atoms with Crippen molar-refractivity contribution in [3.05, 3.63) is 57.0 Å². The lowest BCUT2D eigenvalue weighted by atomic mass is 10.1. The van der Waals surface area contributed by atoms with E-state index in [4.69, 9.17) is 22.1 Å². The summed E-state index contributed by atoms with van der Waals surface area (Å²) in [5.41, 5.74) is 7.87. The maximum absolute atomic E-state index is 5.91. The van der Waals surface area contributed by atoms with Gasteiger partial charge in [-0.05, 0) is 71.2 Å². The van der Waals surface area contributed by atoms with E-state index in [9.17, 15) is 0 Å². The smallest absolute Gasteiger partial charge is 0.141 e. The van der Waals surface area contributed by atoms with Gasteiger partial charge in [0.25, 0.3) is 0 Å². The Morgan fingerprint density at radius 1 is 1.16 bits per heavy atom. The molecule has 0 saturated carbocycles. The van der Waals surface area contributed by atoms with Crippen molar-refractivity contribution < 1.29 is 4.74 Å². The van der Waals surface area contributed by atoms with Gasteiger partial charge >= 0.3 is 0 Å². The van der Waals surface area contributed by atoms with Gasteiger partial charge < -0.3 is 10.5 Å². The molecule has 0 saturated heterocycles. The van der Waals surface area contributed by atoms with Crippen molar-refractivity contribution in [1.29, 1.82) is 0 Å². The zero-order valence-corrected chi connectivity index (χ0v) is 13.0. The first-order valence-corrected chi connectivity index (χ1v) is 7.20. The molecule has 0 spiro atoms. The van der Waals surface area contributed by atoms with Crippen LogP contribution in [-0.2, 0) is 6.42 Å². The Bertz CT molecular complexity index is 586. The second-order valence-electron chi connectivity index (χ2n) is 4.32. The Balaban J connectivity index is 2.23. The number of hydrogen-bond donors (Lipinski definition) is 1. The lowest BCUT2D eigenvalue weighted by Gasteiger charge is -2.11. The van der Waals surface area contributed by atoms with E-state index >= 15 is 0 Å². The number of ether oxygens (including phenoxy) is 1. The van der Waals surface area contributed by atoms with Gasteiger partial charge in [0.1, 0.15) is 11.5 Å². The fraction of sp³-hybridized carbons (Fsp3) is 0.200. The third kappa shape index (κ3) is 3.72. The predicted molar refractivity (Wildman–Crippen MR) is 83.2 cm³/mol. The van der Waals surface area contributed by atoms with Crippen LogP contribution in [0.15, 0.2) is 40.9 Å². The summed E-state index contributed by atoms with van der Waals surface area (Å²) < 4.78 is 6.73. The highest BCUT2D eigenvalue weighted by Crippen LogP contribution is 2.33. The molecule has 0 aliphatic carbocycles. The van der Waals surface area contributed by atoms with E-state index in [1.165, 1.54) is 5.56 Å². The average Bonchev–Trinajstić information content (AvgIpc) is 2.36. The normalized spacial score (nSPS) is 10.5. The highest BCUT2D eigenvalue weighted by Gasteiger charge is 2.06. The van der Waals surface area contributed by atoms with Crippen molar-refractivity contribution in [2.45, 2.75) is 13.3 Å². The van der Waals surface area contributed by atoms with Crippen LogP contribution in [-0.4, -0.2) is 6.54 Å². The zero-order chi connectivity index (χ0) is 13.8. The molecule has 2 N–H and O–H groups in total. The summed E-state index contributed by atoms with van der Waals surface area (Å²) in [7, 11) is 0. The lowest BCUT2D eigenvalue weighted by Crippen LogP contribution is -2.02. The third-order valence-corrected chi connectivity index (χ3v) is 3.64. The Kier molecular flexibility index (Phi) is 4.86. The van der Waals surface area contributed by atoms with Gasteiger partial charge in [-0.15, -0.1) is 0 Å². The molecule has 0 radical (unpaired) electrons. The number of halogens is 2. The fourth-order valence-corrected chi connectivity index (χ4v) is 2.59. The number of hydrogen-bond acceptors (Lipinski definition) is 2. The van der Waals surface area contributed by atoms with Crippen LogP contribution in [0, 0.1) is 6.92 Å². The molecule has 2 nitrogen and oxygen atoms in total. The second-order valence-corrected chi connectivity index (χ2v) is 5.61. The van der Waals surface area contributed by atoms with Gasteiger partial charge in [-0.2, -0.15) is 0 Å². The minimum absolute atomic E-state index is 0.655. The Hall–Kier alpha value is -1.03. The lowest BCUT2D eigenvalue weighted by molar-refractivity contribution is 0.475. The second kappa shape index (κ2) is 6.42. The summed E-state index contributed by atoms with van der Waals surface area (Å²) in [5, 5.41) is 0.675. The molecule has 0 bridgehead atoms. The minimum Gasteiger partial charge on any atom is -0.456 e. The van der Waals surface area contributed by atoms with E-state index in [2.05, 4.69) is 22.0 Å². The first-order valence-electron chi connectivity index (χ1n) is 6.02. The molecule has 0 aromatic heterocycles. The van der Waals surface area contributed by atoms with Crippen LogP contribution < -0.4 is 10.5 Å². The van der Waals surface area contributed by atoms with Crippen LogP contribution >= 0.6 is 27.5 Å². The van der Waals surface area contributed by atoms with Crippen molar-refractivity contribution in [2.75, 3.05) is 6.54 Å². The molecule has 0 amide bonds. The largest absolute Gasteiger partial charge is 0.456 e. The van der Waals surface area contributed by atoms with E-state index in [0.717, 1.165) is 28.0 Å². The molecule has 100 valence electrons. The summed E-state index contributed by atoms with van der Waals surface area (Å²) in [6, 6.07) is 11.6. The molecule has 2 aromatic rings. The molecule has 0 aliphatic heterocycles. The van der Waals surface area contributed by atoms with Crippen LogP contribution in [0.2, 0.25) is 5.02 Å². The van der Waals surface area contributed by atoms with Gasteiger partial charge in [0.15, 0.2) is 0 Å². The van der Waals surface area contributed by atoms with E-state index in [1.807, 2.05) is 31.2 Å². The molecule has 0 unspecified atom stereocenters. The molecule has 0 fully saturated rings. The quantitative estimate of drug-likeness (QED) is 0.875. The van der Waals surface area contributed by atoms with Gasteiger partial charge in [-0.25, -0.2) is 0 Å². The van der Waals surface area contributed by atoms with Crippen molar-refractivity contribution >= 4 is 27.5 Å². The predicted octanol–water partition coefficient (Wildman–Crippen LogP) is 4.70. The summed E-state index contributed by atoms with van der Waals surface area (Å²) >= 11 is 9.35. The molecule has 2 aromatic carbocycles. The summed E-state index contributed by atoms with van der Waals surface area (Å²) in [5.74, 6) is 1.59. The summed E-state index contributed by atoms with van der Waals surface area (Å²) in [6.45, 7) is 2.68. The number of benzene rings is 2. The summed E-state index contributed by atoms with van der Waals surface area (Å²) in [6.07, 6.45) is 0.881. The first kappa shape index (κ1) is 14.4. The monoisotopic (exact) mass is 339 g/mol.